The highest BCUT2D eigenvalue weighted by molar-refractivity contribution is 9.10. The van der Waals surface area contributed by atoms with Crippen LogP contribution in [-0.4, -0.2) is 52.0 Å². The molecule has 1 unspecified atom stereocenters. The quantitative estimate of drug-likeness (QED) is 0.554. The number of ether oxygens (including phenoxy) is 1. The van der Waals surface area contributed by atoms with Gasteiger partial charge in [-0.05, 0) is 65.5 Å². The third kappa shape index (κ3) is 4.46. The van der Waals surface area contributed by atoms with E-state index in [-0.39, 0.29) is 11.9 Å². The lowest BCUT2D eigenvalue weighted by Crippen LogP contribution is -2.40. The fourth-order valence-electron chi connectivity index (χ4n) is 3.57. The number of anilines is 1. The Labute approximate surface area is 187 Å². The number of hydrogen-bond acceptors (Lipinski definition) is 7. The zero-order chi connectivity index (χ0) is 21.1. The zero-order valence-corrected chi connectivity index (χ0v) is 19.2. The molecule has 1 fully saturated rings. The molecule has 1 aromatic carbocycles. The molecule has 1 aliphatic rings. The van der Waals surface area contributed by atoms with Crippen molar-refractivity contribution < 1.29 is 9.53 Å². The Bertz CT molecular complexity index is 1020. The largest absolute Gasteiger partial charge is 0.497 e. The van der Waals surface area contributed by atoms with Crippen molar-refractivity contribution in [1.29, 1.82) is 0 Å². The van der Waals surface area contributed by atoms with E-state index >= 15 is 0 Å². The fraction of sp³-hybridized carbons (Fsp3) is 0.333. The van der Waals surface area contributed by atoms with Gasteiger partial charge in [0.15, 0.2) is 0 Å². The van der Waals surface area contributed by atoms with Gasteiger partial charge in [0.1, 0.15) is 11.4 Å². The number of halogens is 1. The fourth-order valence-corrected chi connectivity index (χ4v) is 4.69. The van der Waals surface area contributed by atoms with E-state index in [1.54, 1.807) is 30.8 Å². The molecular weight excluding hydrogens is 466 g/mol. The summed E-state index contributed by atoms with van der Waals surface area (Å²) in [5.41, 5.74) is 1.50. The molecule has 2 aromatic heterocycles. The van der Waals surface area contributed by atoms with Gasteiger partial charge in [-0.15, -0.1) is 11.3 Å². The van der Waals surface area contributed by atoms with Crippen LogP contribution in [0.5, 0.6) is 5.75 Å². The Morgan fingerprint density at radius 3 is 2.73 bits per heavy atom. The number of hydrogen-bond donors (Lipinski definition) is 1. The molecule has 0 aliphatic carbocycles. The molecule has 0 bridgehead atoms. The lowest BCUT2D eigenvalue weighted by Gasteiger charge is -2.24. The van der Waals surface area contributed by atoms with Crippen LogP contribution in [-0.2, 0) is 0 Å². The van der Waals surface area contributed by atoms with E-state index in [1.807, 2.05) is 36.1 Å². The van der Waals surface area contributed by atoms with Crippen molar-refractivity contribution in [3.05, 3.63) is 51.8 Å². The predicted octanol–water partition coefficient (Wildman–Crippen LogP) is 4.40. The minimum absolute atomic E-state index is 0.0220. The van der Waals surface area contributed by atoms with Crippen LogP contribution in [0.2, 0.25) is 0 Å². The van der Waals surface area contributed by atoms with Crippen LogP contribution in [0.25, 0.3) is 10.4 Å². The Morgan fingerprint density at radius 1 is 1.30 bits per heavy atom. The van der Waals surface area contributed by atoms with Gasteiger partial charge in [-0.25, -0.2) is 15.0 Å². The Kier molecular flexibility index (Phi) is 6.29. The summed E-state index contributed by atoms with van der Waals surface area (Å²) in [7, 11) is 1.64. The van der Waals surface area contributed by atoms with Gasteiger partial charge in [0, 0.05) is 31.5 Å². The van der Waals surface area contributed by atoms with Gasteiger partial charge < -0.3 is 15.0 Å². The molecule has 7 nitrogen and oxygen atoms in total. The molecule has 4 rings (SSSR count). The molecule has 30 heavy (non-hydrogen) atoms. The number of thiazole rings is 1. The van der Waals surface area contributed by atoms with Crippen LogP contribution in [0.1, 0.15) is 28.3 Å². The summed E-state index contributed by atoms with van der Waals surface area (Å²) in [6.45, 7) is 3.27. The second kappa shape index (κ2) is 9.09. The average Bonchev–Trinajstić information content (AvgIpc) is 3.39. The molecule has 3 aromatic rings. The molecule has 0 spiro atoms. The first-order valence-electron chi connectivity index (χ1n) is 9.69. The highest BCUT2D eigenvalue weighted by atomic mass is 79.9. The monoisotopic (exact) mass is 487 g/mol. The number of methoxy groups -OCH3 is 1. The Hall–Kier alpha value is -2.52. The molecule has 9 heteroatoms. The van der Waals surface area contributed by atoms with Crippen LogP contribution < -0.4 is 10.1 Å². The minimum Gasteiger partial charge on any atom is -0.497 e. The molecule has 0 saturated carbocycles. The van der Waals surface area contributed by atoms with E-state index in [0.29, 0.717) is 18.2 Å². The first-order chi connectivity index (χ1) is 14.5. The smallest absolute Gasteiger partial charge is 0.274 e. The number of carbonyl (C=O) groups excluding carboxylic acids is 1. The van der Waals surface area contributed by atoms with Crippen LogP contribution in [0.15, 0.2) is 41.1 Å². The first kappa shape index (κ1) is 20.7. The van der Waals surface area contributed by atoms with Crippen molar-refractivity contribution >= 4 is 39.1 Å². The van der Waals surface area contributed by atoms with E-state index in [1.165, 1.54) is 0 Å². The van der Waals surface area contributed by atoms with E-state index in [2.05, 4.69) is 36.2 Å². The number of aryl methyl sites for hydroxylation is 1. The molecular formula is C21H22BrN5O2S. The van der Waals surface area contributed by atoms with Crippen LogP contribution >= 0.6 is 27.3 Å². The maximum Gasteiger partial charge on any atom is 0.274 e. The molecule has 1 aliphatic heterocycles. The highest BCUT2D eigenvalue weighted by Crippen LogP contribution is 2.33. The number of benzene rings is 1. The highest BCUT2D eigenvalue weighted by Gasteiger charge is 2.32. The predicted molar refractivity (Wildman–Crippen MR) is 121 cm³/mol. The summed E-state index contributed by atoms with van der Waals surface area (Å²) in [5, 5.41) is 4.12. The third-order valence-electron chi connectivity index (χ3n) is 5.04. The zero-order valence-electron chi connectivity index (χ0n) is 16.8. The summed E-state index contributed by atoms with van der Waals surface area (Å²) in [6.07, 6.45) is 5.31. The second-order valence-corrected chi connectivity index (χ2v) is 9.16. The van der Waals surface area contributed by atoms with Crippen molar-refractivity contribution in [2.45, 2.75) is 25.8 Å². The maximum atomic E-state index is 13.4. The Morgan fingerprint density at radius 2 is 2.03 bits per heavy atom. The van der Waals surface area contributed by atoms with Crippen molar-refractivity contribution in [2.24, 2.45) is 0 Å². The van der Waals surface area contributed by atoms with Crippen LogP contribution in [0.4, 0.5) is 5.95 Å². The summed E-state index contributed by atoms with van der Waals surface area (Å²) in [6, 6.07) is 7.82. The number of aromatic nitrogens is 3. The number of carbonyl (C=O) groups is 1. The molecule has 3 heterocycles. The molecule has 1 N–H and O–H groups in total. The number of nitrogens with zero attached hydrogens (tertiary/aromatic N) is 4. The number of amides is 1. The van der Waals surface area contributed by atoms with Gasteiger partial charge in [0.2, 0.25) is 5.95 Å². The summed E-state index contributed by atoms with van der Waals surface area (Å²) >= 11 is 4.88. The Balaban J connectivity index is 1.52. The minimum atomic E-state index is -0.0220. The SMILES string of the molecule is COc1ccc(-c2sc(C)nc2C(=O)N2CCCC2CNc2ncc(Br)cn2)cc1. The van der Waals surface area contributed by atoms with Crippen molar-refractivity contribution in [2.75, 3.05) is 25.5 Å². The van der Waals surface area contributed by atoms with Crippen molar-refractivity contribution in [1.82, 2.24) is 19.9 Å². The third-order valence-corrected chi connectivity index (χ3v) is 6.47. The molecule has 1 saturated heterocycles. The molecule has 0 radical (unpaired) electrons. The average molecular weight is 488 g/mol. The standard InChI is InChI=1S/C21H22BrN5O2S/c1-13-26-18(19(30-13)14-5-7-17(29-2)8-6-14)20(28)27-9-3-4-16(27)12-25-21-23-10-15(22)11-24-21/h5-8,10-11,16H,3-4,9,12H2,1-2H3,(H,23,24,25). The van der Waals surface area contributed by atoms with Gasteiger partial charge in [0.25, 0.3) is 5.91 Å². The lowest BCUT2D eigenvalue weighted by molar-refractivity contribution is 0.0739. The normalized spacial score (nSPS) is 16.0. The van der Waals surface area contributed by atoms with E-state index in [9.17, 15) is 4.79 Å². The van der Waals surface area contributed by atoms with Crippen molar-refractivity contribution in [3.63, 3.8) is 0 Å². The second-order valence-electron chi connectivity index (χ2n) is 7.04. The molecule has 1 atom stereocenters. The summed E-state index contributed by atoms with van der Waals surface area (Å²) in [4.78, 5) is 29.3. The van der Waals surface area contributed by atoms with E-state index in [0.717, 1.165) is 45.1 Å². The molecule has 1 amide bonds. The van der Waals surface area contributed by atoms with Gasteiger partial charge in [0.05, 0.1) is 21.5 Å². The molecule has 156 valence electrons. The maximum absolute atomic E-state index is 13.4. The van der Waals surface area contributed by atoms with Crippen LogP contribution in [0, 0.1) is 6.92 Å². The van der Waals surface area contributed by atoms with Crippen LogP contribution in [0.3, 0.4) is 0 Å². The van der Waals surface area contributed by atoms with Gasteiger partial charge >= 0.3 is 0 Å². The summed E-state index contributed by atoms with van der Waals surface area (Å²) in [5.74, 6) is 1.32. The topological polar surface area (TPSA) is 80.2 Å². The number of nitrogens with one attached hydrogen (secondary N) is 1. The van der Waals surface area contributed by atoms with Gasteiger partial charge in [-0.1, -0.05) is 0 Å². The van der Waals surface area contributed by atoms with E-state index in [4.69, 9.17) is 4.74 Å². The first-order valence-corrected chi connectivity index (χ1v) is 11.3. The summed E-state index contributed by atoms with van der Waals surface area (Å²) < 4.78 is 6.08. The lowest BCUT2D eigenvalue weighted by atomic mass is 10.1. The van der Waals surface area contributed by atoms with Crippen molar-refractivity contribution in [3.8, 4) is 16.2 Å². The van der Waals surface area contributed by atoms with Gasteiger partial charge in [-0.3, -0.25) is 4.79 Å². The number of rotatable bonds is 6. The number of likely N-dealkylation sites (tertiary alicyclic amines) is 1. The van der Waals surface area contributed by atoms with Gasteiger partial charge in [-0.2, -0.15) is 0 Å². The van der Waals surface area contributed by atoms with E-state index < -0.39 is 0 Å².